The molecule has 2 saturated heterocycles. The highest BCUT2D eigenvalue weighted by atomic mass is 16.5. The molecular weight excluding hydrogens is 266 g/mol. The van der Waals surface area contributed by atoms with Gasteiger partial charge in [0, 0.05) is 32.8 Å². The molecule has 0 aromatic rings. The number of ether oxygens (including phenoxy) is 1. The van der Waals surface area contributed by atoms with Gasteiger partial charge in [-0.05, 0) is 44.7 Å². The number of amides is 1. The van der Waals surface area contributed by atoms with Crippen molar-refractivity contribution in [3.63, 3.8) is 0 Å². The van der Waals surface area contributed by atoms with Crippen LogP contribution in [0.4, 0.5) is 0 Å². The Kier molecular flexibility index (Phi) is 6.45. The number of nitrogens with one attached hydrogen (secondary N) is 1. The van der Waals surface area contributed by atoms with E-state index < -0.39 is 5.41 Å². The van der Waals surface area contributed by atoms with Crippen LogP contribution < -0.4 is 11.1 Å². The molecule has 2 aliphatic heterocycles. The maximum atomic E-state index is 12.5. The quantitative estimate of drug-likeness (QED) is 0.767. The Balaban J connectivity index is 1.74. The number of nitrogens with two attached hydrogens (primary N) is 1. The molecule has 3 N–H and O–H groups in total. The van der Waals surface area contributed by atoms with Gasteiger partial charge in [-0.15, -0.1) is 0 Å². The van der Waals surface area contributed by atoms with Crippen LogP contribution in [0.2, 0.25) is 0 Å². The number of rotatable bonds is 6. The first-order valence-corrected chi connectivity index (χ1v) is 8.45. The van der Waals surface area contributed by atoms with Gasteiger partial charge in [-0.2, -0.15) is 0 Å². The van der Waals surface area contributed by atoms with Crippen molar-refractivity contribution in [2.45, 2.75) is 39.0 Å². The Morgan fingerprint density at radius 1 is 1.29 bits per heavy atom. The molecule has 2 heterocycles. The third-order valence-corrected chi connectivity index (χ3v) is 4.95. The maximum absolute atomic E-state index is 12.5. The first-order chi connectivity index (χ1) is 10.2. The van der Waals surface area contributed by atoms with Crippen LogP contribution in [0.15, 0.2) is 0 Å². The van der Waals surface area contributed by atoms with Gasteiger partial charge < -0.3 is 20.7 Å². The molecule has 0 aromatic heterocycles. The van der Waals surface area contributed by atoms with Crippen molar-refractivity contribution in [3.05, 3.63) is 0 Å². The molecular formula is C16H31N3O2. The van der Waals surface area contributed by atoms with Gasteiger partial charge in [0.1, 0.15) is 0 Å². The number of carbonyl (C=O) groups excluding carboxylic acids is 1. The van der Waals surface area contributed by atoms with Gasteiger partial charge in [-0.1, -0.05) is 13.3 Å². The van der Waals surface area contributed by atoms with E-state index in [4.69, 9.17) is 10.5 Å². The van der Waals surface area contributed by atoms with E-state index in [-0.39, 0.29) is 5.91 Å². The average molecular weight is 297 g/mol. The van der Waals surface area contributed by atoms with Crippen LogP contribution in [-0.4, -0.2) is 56.7 Å². The Morgan fingerprint density at radius 2 is 1.95 bits per heavy atom. The Morgan fingerprint density at radius 3 is 2.57 bits per heavy atom. The van der Waals surface area contributed by atoms with E-state index >= 15 is 0 Å². The minimum atomic E-state index is -0.400. The van der Waals surface area contributed by atoms with Crippen LogP contribution in [0.3, 0.4) is 0 Å². The normalized spacial score (nSPS) is 24.5. The van der Waals surface area contributed by atoms with Crippen LogP contribution >= 0.6 is 0 Å². The Hall–Kier alpha value is -0.650. The van der Waals surface area contributed by atoms with Gasteiger partial charge in [0.25, 0.3) is 0 Å². The van der Waals surface area contributed by atoms with Crippen molar-refractivity contribution >= 4 is 5.91 Å². The summed E-state index contributed by atoms with van der Waals surface area (Å²) in [5.74, 6) is 0.612. The largest absolute Gasteiger partial charge is 0.381 e. The highest BCUT2D eigenvalue weighted by Crippen LogP contribution is 2.29. The second-order valence-corrected chi connectivity index (χ2v) is 6.77. The Bertz CT molecular complexity index is 323. The third-order valence-electron chi connectivity index (χ3n) is 4.95. The van der Waals surface area contributed by atoms with Gasteiger partial charge in [0.2, 0.25) is 5.91 Å². The van der Waals surface area contributed by atoms with Gasteiger partial charge in [0.15, 0.2) is 0 Å². The molecule has 0 radical (unpaired) electrons. The van der Waals surface area contributed by atoms with Crippen molar-refractivity contribution in [3.8, 4) is 0 Å². The van der Waals surface area contributed by atoms with Crippen LogP contribution in [0, 0.1) is 11.3 Å². The lowest BCUT2D eigenvalue weighted by Crippen LogP contribution is -2.50. The fourth-order valence-electron chi connectivity index (χ4n) is 3.39. The number of piperidine rings is 1. The molecule has 5 nitrogen and oxygen atoms in total. The summed E-state index contributed by atoms with van der Waals surface area (Å²) < 4.78 is 5.36. The average Bonchev–Trinajstić information content (AvgIpc) is 2.54. The smallest absolute Gasteiger partial charge is 0.227 e. The van der Waals surface area contributed by atoms with E-state index in [1.54, 1.807) is 0 Å². The van der Waals surface area contributed by atoms with E-state index in [1.807, 2.05) is 0 Å². The molecule has 2 fully saturated rings. The minimum absolute atomic E-state index is 0.124. The summed E-state index contributed by atoms with van der Waals surface area (Å²) in [5, 5.41) is 3.13. The molecule has 0 aliphatic carbocycles. The first kappa shape index (κ1) is 16.7. The van der Waals surface area contributed by atoms with E-state index in [9.17, 15) is 4.79 Å². The summed E-state index contributed by atoms with van der Waals surface area (Å²) in [4.78, 5) is 15.0. The predicted octanol–water partition coefficient (Wildman–Crippen LogP) is 0.980. The molecule has 122 valence electrons. The molecule has 1 unspecified atom stereocenters. The molecule has 0 bridgehead atoms. The molecule has 0 saturated carbocycles. The van der Waals surface area contributed by atoms with Crippen LogP contribution in [0.1, 0.15) is 39.0 Å². The summed E-state index contributed by atoms with van der Waals surface area (Å²) in [6.45, 7) is 8.18. The van der Waals surface area contributed by atoms with Gasteiger partial charge >= 0.3 is 0 Å². The van der Waals surface area contributed by atoms with E-state index in [0.717, 1.165) is 25.9 Å². The molecule has 0 aromatic carbocycles. The third kappa shape index (κ3) is 4.66. The molecule has 5 heteroatoms. The first-order valence-electron chi connectivity index (χ1n) is 8.45. The molecule has 2 rings (SSSR count). The fraction of sp³-hybridized carbons (Fsp3) is 0.938. The zero-order chi connectivity index (χ0) is 15.1. The summed E-state index contributed by atoms with van der Waals surface area (Å²) in [7, 11) is 0. The lowest BCUT2D eigenvalue weighted by molar-refractivity contribution is -0.136. The SMILES string of the molecule is CC(CNC(=O)C1(CN)CCOCC1)CN1CCCCC1. The van der Waals surface area contributed by atoms with Gasteiger partial charge in [0.05, 0.1) is 5.41 Å². The zero-order valence-corrected chi connectivity index (χ0v) is 13.4. The summed E-state index contributed by atoms with van der Waals surface area (Å²) in [6, 6.07) is 0. The highest BCUT2D eigenvalue weighted by Gasteiger charge is 2.38. The predicted molar refractivity (Wildman–Crippen MR) is 84.0 cm³/mol. The van der Waals surface area contributed by atoms with E-state index in [1.165, 1.54) is 32.4 Å². The topological polar surface area (TPSA) is 67.6 Å². The molecule has 1 atom stereocenters. The number of nitrogens with zero attached hydrogens (tertiary/aromatic N) is 1. The number of hydrogen-bond donors (Lipinski definition) is 2. The lowest BCUT2D eigenvalue weighted by atomic mass is 9.79. The van der Waals surface area contributed by atoms with Crippen molar-refractivity contribution in [1.82, 2.24) is 10.2 Å². The second kappa shape index (κ2) is 8.11. The number of carbonyl (C=O) groups is 1. The van der Waals surface area contributed by atoms with Gasteiger partial charge in [-0.25, -0.2) is 0 Å². The van der Waals surface area contributed by atoms with Crippen molar-refractivity contribution in [2.75, 3.05) is 45.9 Å². The molecule has 21 heavy (non-hydrogen) atoms. The summed E-state index contributed by atoms with van der Waals surface area (Å²) >= 11 is 0. The molecule has 1 amide bonds. The number of hydrogen-bond acceptors (Lipinski definition) is 4. The van der Waals surface area contributed by atoms with Crippen molar-refractivity contribution in [2.24, 2.45) is 17.1 Å². The monoisotopic (exact) mass is 297 g/mol. The fourth-order valence-corrected chi connectivity index (χ4v) is 3.39. The summed E-state index contributed by atoms with van der Waals surface area (Å²) in [6.07, 6.45) is 5.49. The summed E-state index contributed by atoms with van der Waals surface area (Å²) in [5.41, 5.74) is 5.47. The lowest BCUT2D eigenvalue weighted by Gasteiger charge is -2.35. The Labute approximate surface area is 128 Å². The zero-order valence-electron chi connectivity index (χ0n) is 13.4. The maximum Gasteiger partial charge on any atom is 0.227 e. The van der Waals surface area contributed by atoms with Gasteiger partial charge in [-0.3, -0.25) is 4.79 Å². The van der Waals surface area contributed by atoms with Crippen LogP contribution in [-0.2, 0) is 9.53 Å². The standard InChI is InChI=1S/C16H31N3O2/c1-14(12-19-7-3-2-4-8-19)11-18-15(20)16(13-17)5-9-21-10-6-16/h14H,2-13,17H2,1H3,(H,18,20). The van der Waals surface area contributed by atoms with Crippen LogP contribution in [0.5, 0.6) is 0 Å². The molecule has 0 spiro atoms. The highest BCUT2D eigenvalue weighted by molar-refractivity contribution is 5.83. The van der Waals surface area contributed by atoms with E-state index in [2.05, 4.69) is 17.1 Å². The van der Waals surface area contributed by atoms with Crippen molar-refractivity contribution < 1.29 is 9.53 Å². The molecule has 2 aliphatic rings. The number of likely N-dealkylation sites (tertiary alicyclic amines) is 1. The van der Waals surface area contributed by atoms with E-state index in [0.29, 0.717) is 25.7 Å². The van der Waals surface area contributed by atoms with Crippen LogP contribution in [0.25, 0.3) is 0 Å². The minimum Gasteiger partial charge on any atom is -0.381 e. The second-order valence-electron chi connectivity index (χ2n) is 6.77. The van der Waals surface area contributed by atoms with Crippen molar-refractivity contribution in [1.29, 1.82) is 0 Å².